The van der Waals surface area contributed by atoms with Gasteiger partial charge in [-0.2, -0.15) is 0 Å². The summed E-state index contributed by atoms with van der Waals surface area (Å²) < 4.78 is 0. The summed E-state index contributed by atoms with van der Waals surface area (Å²) in [6.07, 6.45) is 7.07. The number of hydrogen-bond donors (Lipinski definition) is 1. The third-order valence-electron chi connectivity index (χ3n) is 5.18. The highest BCUT2D eigenvalue weighted by Gasteiger charge is 2.37. The molecule has 0 spiro atoms. The first kappa shape index (κ1) is 19.0. The van der Waals surface area contributed by atoms with E-state index in [1.165, 1.54) is 12.8 Å². The van der Waals surface area contributed by atoms with Crippen molar-refractivity contribution in [2.45, 2.75) is 52.0 Å². The number of hydrogen-bond acceptors (Lipinski definition) is 3. The molecule has 2 amide bonds. The molecule has 2 fully saturated rings. The lowest BCUT2D eigenvalue weighted by Gasteiger charge is -2.41. The van der Waals surface area contributed by atoms with Crippen LogP contribution in [0, 0.1) is 11.8 Å². The van der Waals surface area contributed by atoms with Gasteiger partial charge in [0.2, 0.25) is 11.8 Å². The van der Waals surface area contributed by atoms with E-state index in [2.05, 4.69) is 30.6 Å². The maximum absolute atomic E-state index is 12.7. The summed E-state index contributed by atoms with van der Waals surface area (Å²) in [5.41, 5.74) is 0. The van der Waals surface area contributed by atoms with Crippen LogP contribution in [0.2, 0.25) is 0 Å². The van der Waals surface area contributed by atoms with E-state index < -0.39 is 0 Å². The van der Waals surface area contributed by atoms with Crippen molar-refractivity contribution in [1.29, 1.82) is 0 Å². The van der Waals surface area contributed by atoms with Crippen molar-refractivity contribution in [1.82, 2.24) is 15.1 Å². The highest BCUT2D eigenvalue weighted by Crippen LogP contribution is 2.31. The zero-order chi connectivity index (χ0) is 17.5. The summed E-state index contributed by atoms with van der Waals surface area (Å²) in [4.78, 5) is 29.2. The topological polar surface area (TPSA) is 52.7 Å². The van der Waals surface area contributed by atoms with Gasteiger partial charge in [0.05, 0.1) is 6.04 Å². The SMILES string of the molecule is C=CCNC(=O)[C@@H](C1CCCC1)N1CCN(C(=O)CC(C)C)CC1. The second-order valence-electron chi connectivity index (χ2n) is 7.54. The molecule has 1 N–H and O–H groups in total. The van der Waals surface area contributed by atoms with Crippen LogP contribution in [0.3, 0.4) is 0 Å². The summed E-state index contributed by atoms with van der Waals surface area (Å²) in [7, 11) is 0. The first-order valence-electron chi connectivity index (χ1n) is 9.43. The van der Waals surface area contributed by atoms with E-state index in [0.717, 1.165) is 39.0 Å². The van der Waals surface area contributed by atoms with Crippen LogP contribution in [0.1, 0.15) is 46.0 Å². The number of carbonyl (C=O) groups excluding carboxylic acids is 2. The smallest absolute Gasteiger partial charge is 0.237 e. The molecule has 2 aliphatic rings. The summed E-state index contributed by atoms with van der Waals surface area (Å²) >= 11 is 0. The van der Waals surface area contributed by atoms with E-state index in [0.29, 0.717) is 24.8 Å². The Hall–Kier alpha value is -1.36. The Morgan fingerprint density at radius 1 is 1.17 bits per heavy atom. The molecule has 1 heterocycles. The van der Waals surface area contributed by atoms with E-state index in [4.69, 9.17) is 0 Å². The van der Waals surface area contributed by atoms with E-state index >= 15 is 0 Å². The number of amides is 2. The van der Waals surface area contributed by atoms with Crippen molar-refractivity contribution in [3.05, 3.63) is 12.7 Å². The van der Waals surface area contributed by atoms with Gasteiger partial charge >= 0.3 is 0 Å². The van der Waals surface area contributed by atoms with Crippen molar-refractivity contribution in [3.8, 4) is 0 Å². The highest BCUT2D eigenvalue weighted by molar-refractivity contribution is 5.82. The molecule has 5 heteroatoms. The monoisotopic (exact) mass is 335 g/mol. The summed E-state index contributed by atoms with van der Waals surface area (Å²) in [6.45, 7) is 11.4. The molecule has 0 aromatic carbocycles. The van der Waals surface area contributed by atoms with Crippen LogP contribution >= 0.6 is 0 Å². The Morgan fingerprint density at radius 3 is 2.33 bits per heavy atom. The molecule has 136 valence electrons. The fourth-order valence-corrected chi connectivity index (χ4v) is 3.96. The first-order chi connectivity index (χ1) is 11.5. The van der Waals surface area contributed by atoms with Gasteiger partial charge in [-0.25, -0.2) is 0 Å². The standard InChI is InChI=1S/C19H33N3O2/c1-4-9-20-19(24)18(16-7-5-6-8-16)22-12-10-21(11-13-22)17(23)14-15(2)3/h4,15-16,18H,1,5-14H2,2-3H3,(H,20,24)/t18-/m1/s1. The third-order valence-corrected chi connectivity index (χ3v) is 5.18. The van der Waals surface area contributed by atoms with Crippen LogP contribution in [0.5, 0.6) is 0 Å². The van der Waals surface area contributed by atoms with Gasteiger partial charge in [-0.05, 0) is 24.7 Å². The fraction of sp³-hybridized carbons (Fsp3) is 0.789. The van der Waals surface area contributed by atoms with Crippen LogP contribution in [-0.2, 0) is 9.59 Å². The third kappa shape index (κ3) is 5.07. The van der Waals surface area contributed by atoms with Crippen LogP contribution in [0.15, 0.2) is 12.7 Å². The van der Waals surface area contributed by atoms with Crippen molar-refractivity contribution in [2.75, 3.05) is 32.7 Å². The summed E-state index contributed by atoms with van der Waals surface area (Å²) in [6, 6.07) is -0.0465. The molecular weight excluding hydrogens is 302 g/mol. The van der Waals surface area contributed by atoms with Gasteiger partial charge < -0.3 is 10.2 Å². The molecule has 2 rings (SSSR count). The lowest BCUT2D eigenvalue weighted by molar-refractivity contribution is -0.135. The van der Waals surface area contributed by atoms with Crippen LogP contribution in [0.25, 0.3) is 0 Å². The van der Waals surface area contributed by atoms with Gasteiger partial charge in [0, 0.05) is 39.1 Å². The van der Waals surface area contributed by atoms with E-state index in [1.807, 2.05) is 4.90 Å². The van der Waals surface area contributed by atoms with E-state index in [9.17, 15) is 9.59 Å². The summed E-state index contributed by atoms with van der Waals surface area (Å²) in [5, 5.41) is 2.99. The fourth-order valence-electron chi connectivity index (χ4n) is 3.96. The molecule has 0 aromatic rings. The Balaban J connectivity index is 1.94. The molecule has 24 heavy (non-hydrogen) atoms. The number of nitrogens with zero attached hydrogens (tertiary/aromatic N) is 2. The molecule has 0 bridgehead atoms. The van der Waals surface area contributed by atoms with Crippen molar-refractivity contribution in [2.24, 2.45) is 11.8 Å². The van der Waals surface area contributed by atoms with Crippen molar-refractivity contribution >= 4 is 11.8 Å². The quantitative estimate of drug-likeness (QED) is 0.725. The van der Waals surface area contributed by atoms with Gasteiger partial charge in [-0.1, -0.05) is 32.8 Å². The zero-order valence-corrected chi connectivity index (χ0v) is 15.3. The number of piperazine rings is 1. The van der Waals surface area contributed by atoms with Crippen molar-refractivity contribution < 1.29 is 9.59 Å². The molecule has 1 atom stereocenters. The van der Waals surface area contributed by atoms with Crippen molar-refractivity contribution in [3.63, 3.8) is 0 Å². The van der Waals surface area contributed by atoms with Gasteiger partial charge in [-0.3, -0.25) is 14.5 Å². The molecule has 0 aromatic heterocycles. The van der Waals surface area contributed by atoms with Gasteiger partial charge in [0.15, 0.2) is 0 Å². The Morgan fingerprint density at radius 2 is 1.79 bits per heavy atom. The minimum absolute atomic E-state index is 0.0465. The average molecular weight is 335 g/mol. The summed E-state index contributed by atoms with van der Waals surface area (Å²) in [5.74, 6) is 1.22. The highest BCUT2D eigenvalue weighted by atomic mass is 16.2. The molecular formula is C19H33N3O2. The second-order valence-corrected chi connectivity index (χ2v) is 7.54. The molecule has 0 unspecified atom stereocenters. The number of carbonyl (C=O) groups is 2. The van der Waals surface area contributed by atoms with Crippen LogP contribution in [0.4, 0.5) is 0 Å². The minimum atomic E-state index is -0.0465. The van der Waals surface area contributed by atoms with E-state index in [-0.39, 0.29) is 17.9 Å². The number of nitrogens with one attached hydrogen (secondary N) is 1. The number of rotatable bonds is 7. The predicted octanol–water partition coefficient (Wildman–Crippen LogP) is 2.04. The van der Waals surface area contributed by atoms with Crippen LogP contribution in [-0.4, -0.2) is 60.4 Å². The second kappa shape index (κ2) is 9.21. The first-order valence-corrected chi connectivity index (χ1v) is 9.43. The Labute approximate surface area is 146 Å². The maximum atomic E-state index is 12.7. The molecule has 1 aliphatic carbocycles. The molecule has 1 aliphatic heterocycles. The normalized spacial score (nSPS) is 21.0. The average Bonchev–Trinajstić information content (AvgIpc) is 3.07. The molecule has 1 saturated heterocycles. The lowest BCUT2D eigenvalue weighted by Crippen LogP contribution is -2.58. The largest absolute Gasteiger partial charge is 0.351 e. The Bertz CT molecular complexity index is 436. The van der Waals surface area contributed by atoms with Gasteiger partial charge in [0.1, 0.15) is 0 Å². The molecule has 5 nitrogen and oxygen atoms in total. The maximum Gasteiger partial charge on any atom is 0.237 e. The van der Waals surface area contributed by atoms with Gasteiger partial charge in [0.25, 0.3) is 0 Å². The minimum Gasteiger partial charge on any atom is -0.351 e. The van der Waals surface area contributed by atoms with Gasteiger partial charge in [-0.15, -0.1) is 6.58 Å². The van der Waals surface area contributed by atoms with E-state index in [1.54, 1.807) is 6.08 Å². The molecule has 0 radical (unpaired) electrons. The predicted molar refractivity (Wildman–Crippen MR) is 96.6 cm³/mol. The molecule has 1 saturated carbocycles. The zero-order valence-electron chi connectivity index (χ0n) is 15.3. The van der Waals surface area contributed by atoms with Crippen LogP contribution < -0.4 is 5.32 Å². The Kier molecular flexibility index (Phi) is 7.28. The lowest BCUT2D eigenvalue weighted by atomic mass is 9.95.